The highest BCUT2D eigenvalue weighted by atomic mass is 32.2. The third-order valence-electron chi connectivity index (χ3n) is 12.4. The van der Waals surface area contributed by atoms with Crippen LogP contribution in [0.5, 0.6) is 28.7 Å². The SMILES string of the molecule is COc1ccc(OCCCCCC(Oc2ccc(C)cc2)C(=O)O)cc1.Cc1ccc(OCCCCCC(C(=O)O)S(=O)(=O)c2ccc(C)cc2)cc1.Cc1ccc(OCCCCCC(Sc2ccc(C)cc2)C(=O)O)cc1. The summed E-state index contributed by atoms with van der Waals surface area (Å²) >= 11 is 1.44. The highest BCUT2D eigenvalue weighted by molar-refractivity contribution is 8.00. The van der Waals surface area contributed by atoms with E-state index in [1.165, 1.54) is 35.0 Å². The van der Waals surface area contributed by atoms with Crippen LogP contribution in [0.15, 0.2) is 155 Å². The van der Waals surface area contributed by atoms with Crippen LogP contribution in [0.2, 0.25) is 0 Å². The smallest absolute Gasteiger partial charge is 0.344 e. The predicted octanol–water partition coefficient (Wildman–Crippen LogP) is 14.1. The molecule has 0 aliphatic rings. The van der Waals surface area contributed by atoms with E-state index in [0.29, 0.717) is 51.3 Å². The monoisotopic (exact) mass is 1110 g/mol. The Hall–Kier alpha value is -6.97. The maximum atomic E-state index is 12.6. The molecule has 15 heteroatoms. The van der Waals surface area contributed by atoms with E-state index in [9.17, 15) is 38.1 Å². The molecule has 0 heterocycles. The van der Waals surface area contributed by atoms with Crippen LogP contribution >= 0.6 is 11.8 Å². The number of rotatable bonds is 31. The van der Waals surface area contributed by atoms with Crippen molar-refractivity contribution in [2.24, 2.45) is 0 Å². The van der Waals surface area contributed by atoms with Crippen LogP contribution < -0.4 is 23.7 Å². The fourth-order valence-corrected chi connectivity index (χ4v) is 10.3. The number of methoxy groups -OCH3 is 1. The minimum absolute atomic E-state index is 0.0585. The van der Waals surface area contributed by atoms with E-state index in [0.717, 1.165) is 89.5 Å². The van der Waals surface area contributed by atoms with Gasteiger partial charge in [0.1, 0.15) is 34.0 Å². The van der Waals surface area contributed by atoms with Gasteiger partial charge in [-0.15, -0.1) is 11.8 Å². The maximum absolute atomic E-state index is 12.6. The third-order valence-corrected chi connectivity index (χ3v) is 15.8. The Labute approximate surface area is 466 Å². The molecule has 0 aliphatic carbocycles. The molecule has 0 radical (unpaired) electrons. The molecule has 3 unspecified atom stereocenters. The highest BCUT2D eigenvalue weighted by Gasteiger charge is 2.33. The molecule has 78 heavy (non-hydrogen) atoms. The Kier molecular flexibility index (Phi) is 28.3. The van der Waals surface area contributed by atoms with E-state index >= 15 is 0 Å². The Balaban J connectivity index is 0.000000253. The number of benzene rings is 6. The third kappa shape index (κ3) is 24.6. The van der Waals surface area contributed by atoms with Gasteiger partial charge in [0, 0.05) is 4.90 Å². The van der Waals surface area contributed by atoms with Crippen LogP contribution in [0, 0.1) is 34.6 Å². The second-order valence-electron chi connectivity index (χ2n) is 19.1. The molecule has 3 N–H and O–H groups in total. The summed E-state index contributed by atoms with van der Waals surface area (Å²) in [5, 5.41) is 26.3. The van der Waals surface area contributed by atoms with Crippen LogP contribution in [0.1, 0.15) is 105 Å². The number of aliphatic carboxylic acids is 3. The number of aryl methyl sites for hydroxylation is 5. The summed E-state index contributed by atoms with van der Waals surface area (Å²) in [6.07, 6.45) is 7.73. The number of carboxylic acids is 3. The molecule has 13 nitrogen and oxygen atoms in total. The minimum Gasteiger partial charge on any atom is -0.497 e. The molecule has 6 aromatic rings. The van der Waals surface area contributed by atoms with Crippen LogP contribution in [0.3, 0.4) is 0 Å². The molecule has 0 saturated heterocycles. The van der Waals surface area contributed by atoms with Gasteiger partial charge in [-0.1, -0.05) is 114 Å². The van der Waals surface area contributed by atoms with Gasteiger partial charge in [-0.25, -0.2) is 13.2 Å². The second kappa shape index (κ2) is 34.7. The largest absolute Gasteiger partial charge is 0.497 e. The summed E-state index contributed by atoms with van der Waals surface area (Å²) in [7, 11) is -2.26. The van der Waals surface area contributed by atoms with Gasteiger partial charge in [0.05, 0.1) is 31.8 Å². The quantitative estimate of drug-likeness (QED) is 0.0275. The zero-order valence-electron chi connectivity index (χ0n) is 45.9. The molecular formula is C63H78O13S2. The van der Waals surface area contributed by atoms with E-state index < -0.39 is 39.1 Å². The first-order chi connectivity index (χ1) is 37.4. The topological polar surface area (TPSA) is 192 Å². The van der Waals surface area contributed by atoms with Gasteiger partial charge in [0.15, 0.2) is 21.2 Å². The van der Waals surface area contributed by atoms with Gasteiger partial charge in [-0.3, -0.25) is 9.59 Å². The molecule has 0 aromatic heterocycles. The molecule has 6 aromatic carbocycles. The summed E-state index contributed by atoms with van der Waals surface area (Å²) in [6.45, 7) is 11.7. The number of carboxylic acid groups (broad SMARTS) is 3. The summed E-state index contributed by atoms with van der Waals surface area (Å²) < 4.78 is 52.9. The highest BCUT2D eigenvalue weighted by Crippen LogP contribution is 2.28. The Bertz CT molecular complexity index is 2770. The number of hydrogen-bond acceptors (Lipinski definition) is 11. The number of sulfone groups is 1. The van der Waals surface area contributed by atoms with E-state index in [1.54, 1.807) is 31.4 Å². The van der Waals surface area contributed by atoms with E-state index in [2.05, 4.69) is 6.92 Å². The molecular weight excluding hydrogens is 1030 g/mol. The zero-order chi connectivity index (χ0) is 56.7. The number of thioether (sulfide) groups is 1. The minimum atomic E-state index is -3.89. The van der Waals surface area contributed by atoms with Crippen molar-refractivity contribution in [3.05, 3.63) is 173 Å². The summed E-state index contributed by atoms with van der Waals surface area (Å²) in [5.41, 5.74) is 5.61. The van der Waals surface area contributed by atoms with Crippen molar-refractivity contribution in [1.29, 1.82) is 0 Å². The fourth-order valence-electron chi connectivity index (χ4n) is 7.67. The number of ether oxygens (including phenoxy) is 5. The van der Waals surface area contributed by atoms with Crippen molar-refractivity contribution in [2.45, 2.75) is 138 Å². The lowest BCUT2D eigenvalue weighted by Crippen LogP contribution is -2.30. The molecule has 0 saturated carbocycles. The molecule has 0 fully saturated rings. The number of carbonyl (C=O) groups is 3. The molecule has 0 bridgehead atoms. The van der Waals surface area contributed by atoms with Crippen molar-refractivity contribution >= 4 is 39.5 Å². The maximum Gasteiger partial charge on any atom is 0.344 e. The van der Waals surface area contributed by atoms with Crippen molar-refractivity contribution < 1.29 is 61.8 Å². The van der Waals surface area contributed by atoms with Crippen LogP contribution in [-0.2, 0) is 24.2 Å². The zero-order valence-corrected chi connectivity index (χ0v) is 47.6. The first kappa shape index (κ1) is 63.6. The summed E-state index contributed by atoms with van der Waals surface area (Å²) in [4.78, 5) is 35.4. The van der Waals surface area contributed by atoms with E-state index in [4.69, 9.17) is 23.7 Å². The lowest BCUT2D eigenvalue weighted by Gasteiger charge is -2.15. The second-order valence-corrected chi connectivity index (χ2v) is 22.5. The molecule has 6 rings (SSSR count). The van der Waals surface area contributed by atoms with Crippen LogP contribution in [-0.4, -0.2) is 85.2 Å². The van der Waals surface area contributed by atoms with Gasteiger partial charge in [-0.2, -0.15) is 0 Å². The van der Waals surface area contributed by atoms with Gasteiger partial charge in [-0.05, 0) is 171 Å². The Morgan fingerprint density at radius 1 is 0.423 bits per heavy atom. The van der Waals surface area contributed by atoms with Gasteiger partial charge < -0.3 is 39.0 Å². The fraction of sp³-hybridized carbons (Fsp3) is 0.381. The number of unbranched alkanes of at least 4 members (excludes halogenated alkanes) is 6. The molecule has 420 valence electrons. The van der Waals surface area contributed by atoms with Gasteiger partial charge in [0.25, 0.3) is 0 Å². The van der Waals surface area contributed by atoms with Gasteiger partial charge >= 0.3 is 17.9 Å². The van der Waals surface area contributed by atoms with Gasteiger partial charge in [0.2, 0.25) is 0 Å². The van der Waals surface area contributed by atoms with Crippen molar-refractivity contribution in [1.82, 2.24) is 0 Å². The standard InChI is InChI=1S/C21H26O5S.C21H26O5.C21H26O3S/c1-16-7-11-18(12-8-16)26-15-5-3-4-6-20(21(22)23)27(24,25)19-13-9-17(2)10-14-19;1-16-7-9-19(10-8-16)26-20(21(22)23)6-4-3-5-15-25-18-13-11-17(24-2)12-14-18;1-16-7-11-18(12-8-16)24-15-5-3-4-6-20(21(22)23)25-19-13-9-17(2)10-14-19/h7-14,20H,3-6,15H2,1-2H3,(H,22,23);7-14,20H,3-6,15H2,1-2H3,(H,22,23);7-14,20H,3-6,15H2,1-2H3,(H,22,23). The average molecular weight is 1110 g/mol. The van der Waals surface area contributed by atoms with Crippen molar-refractivity contribution in [3.63, 3.8) is 0 Å². The predicted molar refractivity (Wildman–Crippen MR) is 309 cm³/mol. The lowest BCUT2D eigenvalue weighted by atomic mass is 10.1. The van der Waals surface area contributed by atoms with Crippen molar-refractivity contribution in [3.8, 4) is 28.7 Å². The molecule has 3 atom stereocenters. The average Bonchev–Trinajstić information content (AvgIpc) is 3.43. The molecule has 0 aliphatic heterocycles. The lowest BCUT2D eigenvalue weighted by molar-refractivity contribution is -0.145. The first-order valence-electron chi connectivity index (χ1n) is 26.5. The number of hydrogen-bond donors (Lipinski definition) is 3. The van der Waals surface area contributed by atoms with Crippen LogP contribution in [0.25, 0.3) is 0 Å². The first-order valence-corrected chi connectivity index (χ1v) is 29.0. The van der Waals surface area contributed by atoms with Crippen molar-refractivity contribution in [2.75, 3.05) is 26.9 Å². The van der Waals surface area contributed by atoms with E-state index in [1.807, 2.05) is 137 Å². The van der Waals surface area contributed by atoms with E-state index in [-0.39, 0.29) is 16.6 Å². The summed E-state index contributed by atoms with van der Waals surface area (Å²) in [5.74, 6) is 0.913. The molecule has 0 spiro atoms. The molecule has 0 amide bonds. The Morgan fingerprint density at radius 3 is 1.18 bits per heavy atom. The normalized spacial score (nSPS) is 12.0. The Morgan fingerprint density at radius 2 is 0.782 bits per heavy atom. The van der Waals surface area contributed by atoms with Crippen LogP contribution in [0.4, 0.5) is 0 Å². The summed E-state index contributed by atoms with van der Waals surface area (Å²) in [6, 6.07) is 45.0.